The molecule has 4 rings (SSSR count). The van der Waals surface area contributed by atoms with E-state index in [-0.39, 0.29) is 22.9 Å². The number of piperidine rings is 1. The normalized spacial score (nSPS) is 18.6. The van der Waals surface area contributed by atoms with E-state index >= 15 is 0 Å². The zero-order valence-corrected chi connectivity index (χ0v) is 15.1. The van der Waals surface area contributed by atoms with Crippen LogP contribution in [0.15, 0.2) is 42.6 Å². The van der Waals surface area contributed by atoms with E-state index in [1.807, 2.05) is 0 Å². The summed E-state index contributed by atoms with van der Waals surface area (Å²) >= 11 is 0. The van der Waals surface area contributed by atoms with Crippen molar-refractivity contribution in [2.24, 2.45) is 5.92 Å². The summed E-state index contributed by atoms with van der Waals surface area (Å²) in [5.74, 6) is -0.491. The van der Waals surface area contributed by atoms with Gasteiger partial charge in [0.05, 0.1) is 16.9 Å². The van der Waals surface area contributed by atoms with Crippen molar-refractivity contribution >= 4 is 28.5 Å². The zero-order valence-electron chi connectivity index (χ0n) is 15.1. The van der Waals surface area contributed by atoms with E-state index in [9.17, 15) is 13.6 Å². The summed E-state index contributed by atoms with van der Waals surface area (Å²) in [5.41, 5.74) is 1.96. The second-order valence-corrected chi connectivity index (χ2v) is 7.15. The number of fused-ring (bicyclic) bond motifs is 1. The Morgan fingerprint density at radius 1 is 1.15 bits per heavy atom. The minimum Gasteiger partial charge on any atom is -0.369 e. The van der Waals surface area contributed by atoms with Gasteiger partial charge in [-0.2, -0.15) is 0 Å². The predicted molar refractivity (Wildman–Crippen MR) is 104 cm³/mol. The molecule has 4 nitrogen and oxygen atoms in total. The van der Waals surface area contributed by atoms with Crippen LogP contribution in [0, 0.1) is 17.6 Å². The van der Waals surface area contributed by atoms with Gasteiger partial charge in [0.1, 0.15) is 11.6 Å². The topological polar surface area (TPSA) is 44.4 Å². The second kappa shape index (κ2) is 7.02. The molecule has 2 heterocycles. The molecule has 0 bridgehead atoms. The Hall–Kier alpha value is -2.89. The lowest BCUT2D eigenvalue weighted by atomic mass is 9.99. The molecule has 1 fully saturated rings. The van der Waals surface area contributed by atoms with Crippen molar-refractivity contribution in [3.63, 3.8) is 0 Å². The summed E-state index contributed by atoms with van der Waals surface area (Å²) in [4.78, 5) is 14.2. The maximum Gasteiger partial charge on any atom is 0.257 e. The molecule has 1 amide bonds. The number of nitrogens with zero attached hydrogens (tertiary/aromatic N) is 1. The third-order valence-electron chi connectivity index (χ3n) is 5.23. The molecule has 6 heteroatoms. The van der Waals surface area contributed by atoms with E-state index in [1.165, 1.54) is 18.3 Å². The monoisotopic (exact) mass is 369 g/mol. The smallest absolute Gasteiger partial charge is 0.257 e. The summed E-state index contributed by atoms with van der Waals surface area (Å²) in [7, 11) is 0. The van der Waals surface area contributed by atoms with Gasteiger partial charge >= 0.3 is 0 Å². The van der Waals surface area contributed by atoms with Crippen LogP contribution in [0.1, 0.15) is 25.3 Å². The van der Waals surface area contributed by atoms with Crippen molar-refractivity contribution in [3.05, 3.63) is 59.8 Å². The predicted octanol–water partition coefficient (Wildman–Crippen LogP) is 4.61. The first kappa shape index (κ1) is 17.5. The highest BCUT2D eigenvalue weighted by Crippen LogP contribution is 2.34. The van der Waals surface area contributed by atoms with Crippen LogP contribution >= 0.6 is 0 Å². The molecule has 0 aliphatic carbocycles. The minimum atomic E-state index is -0.472. The number of amides is 1. The van der Waals surface area contributed by atoms with Crippen LogP contribution < -0.4 is 15.5 Å². The zero-order chi connectivity index (χ0) is 19.0. The number of rotatable bonds is 3. The fraction of sp³-hybridized carbons (Fsp3) is 0.286. The van der Waals surface area contributed by atoms with Crippen LogP contribution in [-0.2, 0) is 4.79 Å². The van der Waals surface area contributed by atoms with Crippen LogP contribution in [0.2, 0.25) is 0 Å². The molecule has 2 aliphatic heterocycles. The van der Waals surface area contributed by atoms with E-state index < -0.39 is 5.82 Å². The van der Waals surface area contributed by atoms with Gasteiger partial charge in [-0.05, 0) is 49.1 Å². The Bertz CT molecular complexity index is 918. The average molecular weight is 369 g/mol. The van der Waals surface area contributed by atoms with Gasteiger partial charge in [0, 0.05) is 30.5 Å². The first-order valence-corrected chi connectivity index (χ1v) is 9.14. The summed E-state index contributed by atoms with van der Waals surface area (Å²) in [6.45, 7) is 3.92. The quantitative estimate of drug-likeness (QED) is 0.777. The number of carbonyl (C=O) groups is 1. The molecule has 0 unspecified atom stereocenters. The number of hydrogen-bond donors (Lipinski definition) is 2. The van der Waals surface area contributed by atoms with Crippen LogP contribution in [0.5, 0.6) is 0 Å². The molecule has 27 heavy (non-hydrogen) atoms. The van der Waals surface area contributed by atoms with Crippen LogP contribution in [0.3, 0.4) is 0 Å². The van der Waals surface area contributed by atoms with Crippen molar-refractivity contribution in [1.29, 1.82) is 0 Å². The van der Waals surface area contributed by atoms with Gasteiger partial charge in [-0.1, -0.05) is 13.0 Å². The van der Waals surface area contributed by atoms with Crippen molar-refractivity contribution in [2.75, 3.05) is 28.6 Å². The van der Waals surface area contributed by atoms with Crippen molar-refractivity contribution < 1.29 is 13.6 Å². The molecule has 2 N–H and O–H groups in total. The SMILES string of the molecule is CC1CCN(c2ccc(NC=C3C(=O)Nc4cccc(F)c43)cc2F)CC1. The molecule has 1 saturated heterocycles. The number of benzene rings is 2. The van der Waals surface area contributed by atoms with Gasteiger partial charge in [-0.3, -0.25) is 4.79 Å². The second-order valence-electron chi connectivity index (χ2n) is 7.15. The van der Waals surface area contributed by atoms with Crippen molar-refractivity contribution in [2.45, 2.75) is 19.8 Å². The molecular formula is C21H21F2N3O. The third kappa shape index (κ3) is 3.39. The molecule has 0 atom stereocenters. The van der Waals surface area contributed by atoms with Crippen LogP contribution in [-0.4, -0.2) is 19.0 Å². The minimum absolute atomic E-state index is 0.192. The van der Waals surface area contributed by atoms with Crippen molar-refractivity contribution in [3.8, 4) is 0 Å². The highest BCUT2D eigenvalue weighted by molar-refractivity contribution is 6.31. The van der Waals surface area contributed by atoms with Crippen LogP contribution in [0.4, 0.5) is 25.8 Å². The lowest BCUT2D eigenvalue weighted by molar-refractivity contribution is -0.110. The first-order chi connectivity index (χ1) is 13.0. The van der Waals surface area contributed by atoms with Gasteiger partial charge in [-0.15, -0.1) is 0 Å². The van der Waals surface area contributed by atoms with Crippen molar-refractivity contribution in [1.82, 2.24) is 0 Å². The molecule has 2 aromatic rings. The standard InChI is InChI=1S/C21H21F2N3O/c1-13-7-9-26(10-8-13)19-6-5-14(11-17(19)23)24-12-15-20-16(22)3-2-4-18(20)25-21(15)27/h2-6,11-13,24H,7-10H2,1H3,(H,25,27). The summed E-state index contributed by atoms with van der Waals surface area (Å²) in [6, 6.07) is 9.41. The summed E-state index contributed by atoms with van der Waals surface area (Å²) in [6.07, 6.45) is 3.54. The highest BCUT2D eigenvalue weighted by atomic mass is 19.1. The van der Waals surface area contributed by atoms with Gasteiger partial charge in [0.15, 0.2) is 0 Å². The molecule has 0 spiro atoms. The van der Waals surface area contributed by atoms with Gasteiger partial charge in [-0.25, -0.2) is 8.78 Å². The van der Waals surface area contributed by atoms with Gasteiger partial charge < -0.3 is 15.5 Å². The number of nitrogens with one attached hydrogen (secondary N) is 2. The highest BCUT2D eigenvalue weighted by Gasteiger charge is 2.27. The molecule has 0 radical (unpaired) electrons. The number of carbonyl (C=O) groups excluding carboxylic acids is 1. The van der Waals surface area contributed by atoms with E-state index in [4.69, 9.17) is 0 Å². The van der Waals surface area contributed by atoms with E-state index in [0.717, 1.165) is 25.9 Å². The first-order valence-electron chi connectivity index (χ1n) is 9.14. The molecule has 0 aromatic heterocycles. The molecule has 140 valence electrons. The van der Waals surface area contributed by atoms with E-state index in [2.05, 4.69) is 22.5 Å². The Morgan fingerprint density at radius 3 is 2.67 bits per heavy atom. The number of halogens is 2. The number of hydrogen-bond acceptors (Lipinski definition) is 3. The fourth-order valence-corrected chi connectivity index (χ4v) is 3.60. The fourth-order valence-electron chi connectivity index (χ4n) is 3.60. The molecule has 2 aliphatic rings. The lowest BCUT2D eigenvalue weighted by Gasteiger charge is -2.32. The van der Waals surface area contributed by atoms with E-state index in [1.54, 1.807) is 24.3 Å². The maximum atomic E-state index is 14.6. The lowest BCUT2D eigenvalue weighted by Crippen LogP contribution is -2.33. The summed E-state index contributed by atoms with van der Waals surface area (Å²) in [5, 5.41) is 5.54. The molecule has 0 saturated carbocycles. The Kier molecular flexibility index (Phi) is 4.56. The van der Waals surface area contributed by atoms with Crippen LogP contribution in [0.25, 0.3) is 5.57 Å². The Balaban J connectivity index is 1.54. The molecular weight excluding hydrogens is 348 g/mol. The largest absolute Gasteiger partial charge is 0.369 e. The Morgan fingerprint density at radius 2 is 1.93 bits per heavy atom. The number of anilines is 3. The average Bonchev–Trinajstić information content (AvgIpc) is 2.97. The summed E-state index contributed by atoms with van der Waals surface area (Å²) < 4.78 is 28.6. The van der Waals surface area contributed by atoms with Gasteiger partial charge in [0.25, 0.3) is 5.91 Å². The molecule has 2 aromatic carbocycles. The van der Waals surface area contributed by atoms with E-state index in [0.29, 0.717) is 23.0 Å². The Labute approximate surface area is 156 Å². The third-order valence-corrected chi connectivity index (χ3v) is 5.23. The van der Waals surface area contributed by atoms with Gasteiger partial charge in [0.2, 0.25) is 0 Å². The maximum absolute atomic E-state index is 14.6.